The van der Waals surface area contributed by atoms with Crippen molar-refractivity contribution < 1.29 is 9.53 Å². The molecular formula is C12H13NO2. The number of benzene rings is 1. The predicted molar refractivity (Wildman–Crippen MR) is 58.0 cm³/mol. The van der Waals surface area contributed by atoms with Crippen molar-refractivity contribution in [3.63, 3.8) is 0 Å². The summed E-state index contributed by atoms with van der Waals surface area (Å²) >= 11 is 0. The summed E-state index contributed by atoms with van der Waals surface area (Å²) in [6.45, 7) is 0. The lowest BCUT2D eigenvalue weighted by atomic mass is 9.82. The van der Waals surface area contributed by atoms with Crippen molar-refractivity contribution >= 4 is 12.0 Å². The van der Waals surface area contributed by atoms with Crippen LogP contribution < -0.4 is 5.73 Å². The van der Waals surface area contributed by atoms with Crippen LogP contribution in [0.15, 0.2) is 30.3 Å². The molecule has 2 N–H and O–H groups in total. The van der Waals surface area contributed by atoms with E-state index in [0.717, 1.165) is 11.1 Å². The summed E-state index contributed by atoms with van der Waals surface area (Å²) in [5, 5.41) is 0. The number of rotatable bonds is 2. The first kappa shape index (κ1) is 9.93. The van der Waals surface area contributed by atoms with Crippen LogP contribution in [0.4, 0.5) is 0 Å². The lowest BCUT2D eigenvalue weighted by Gasteiger charge is -2.32. The van der Waals surface area contributed by atoms with Gasteiger partial charge in [0, 0.05) is 19.1 Å². The van der Waals surface area contributed by atoms with E-state index in [2.05, 4.69) is 0 Å². The van der Waals surface area contributed by atoms with Gasteiger partial charge in [0.15, 0.2) is 5.60 Å². The fourth-order valence-electron chi connectivity index (χ4n) is 2.00. The first-order valence-corrected chi connectivity index (χ1v) is 4.82. The number of fused-ring (bicyclic) bond motifs is 1. The van der Waals surface area contributed by atoms with Gasteiger partial charge in [-0.1, -0.05) is 36.4 Å². The van der Waals surface area contributed by atoms with E-state index in [1.165, 1.54) is 7.11 Å². The second-order valence-electron chi connectivity index (χ2n) is 3.59. The molecule has 0 heterocycles. The lowest BCUT2D eigenvalue weighted by Crippen LogP contribution is -2.43. The minimum atomic E-state index is -0.995. The molecule has 0 saturated heterocycles. The Bertz CT molecular complexity index is 425. The molecule has 0 aliphatic heterocycles. The molecule has 0 bridgehead atoms. The van der Waals surface area contributed by atoms with E-state index in [9.17, 15) is 4.79 Å². The monoisotopic (exact) mass is 203 g/mol. The second-order valence-corrected chi connectivity index (χ2v) is 3.59. The fraction of sp³-hybridized carbons (Fsp3) is 0.250. The number of hydrogen-bond donors (Lipinski definition) is 1. The zero-order valence-corrected chi connectivity index (χ0v) is 8.57. The van der Waals surface area contributed by atoms with Crippen LogP contribution in [0, 0.1) is 0 Å². The van der Waals surface area contributed by atoms with E-state index in [-0.39, 0.29) is 0 Å². The minimum Gasteiger partial charge on any atom is -0.367 e. The molecule has 1 aliphatic rings. The molecule has 1 atom stereocenters. The molecule has 1 aromatic rings. The van der Waals surface area contributed by atoms with Gasteiger partial charge in [-0.2, -0.15) is 0 Å². The Hall–Kier alpha value is -1.61. The number of amides is 1. The Balaban J connectivity index is 2.62. The molecule has 3 nitrogen and oxygen atoms in total. The molecule has 0 saturated carbocycles. The summed E-state index contributed by atoms with van der Waals surface area (Å²) < 4.78 is 5.34. The summed E-state index contributed by atoms with van der Waals surface area (Å²) in [6, 6.07) is 7.64. The van der Waals surface area contributed by atoms with E-state index in [1.54, 1.807) is 0 Å². The highest BCUT2D eigenvalue weighted by Crippen LogP contribution is 2.35. The van der Waals surface area contributed by atoms with Crippen molar-refractivity contribution in [3.05, 3.63) is 41.5 Å². The summed E-state index contributed by atoms with van der Waals surface area (Å²) in [5.41, 5.74) is 6.27. The van der Waals surface area contributed by atoms with Crippen molar-refractivity contribution in [1.82, 2.24) is 0 Å². The van der Waals surface area contributed by atoms with Crippen LogP contribution in [0.3, 0.4) is 0 Å². The average molecular weight is 203 g/mol. The van der Waals surface area contributed by atoms with E-state index in [0.29, 0.717) is 6.42 Å². The van der Waals surface area contributed by atoms with Crippen LogP contribution >= 0.6 is 0 Å². The SMILES string of the molecule is COC1(C(N)=O)CC=Cc2ccccc21. The van der Waals surface area contributed by atoms with Crippen molar-refractivity contribution in [2.75, 3.05) is 7.11 Å². The van der Waals surface area contributed by atoms with Crippen LogP contribution in [-0.2, 0) is 15.1 Å². The Morgan fingerprint density at radius 3 is 2.87 bits per heavy atom. The summed E-state index contributed by atoms with van der Waals surface area (Å²) in [7, 11) is 1.51. The first-order chi connectivity index (χ1) is 7.20. The number of hydrogen-bond acceptors (Lipinski definition) is 2. The van der Waals surface area contributed by atoms with Gasteiger partial charge in [-0.25, -0.2) is 0 Å². The first-order valence-electron chi connectivity index (χ1n) is 4.82. The van der Waals surface area contributed by atoms with E-state index < -0.39 is 11.5 Å². The van der Waals surface area contributed by atoms with Crippen LogP contribution in [0.1, 0.15) is 17.5 Å². The standard InChI is InChI=1S/C12H13NO2/c1-15-12(11(13)14)8-4-6-9-5-2-3-7-10(9)12/h2-7H,8H2,1H3,(H2,13,14). The van der Waals surface area contributed by atoms with Gasteiger partial charge in [-0.15, -0.1) is 0 Å². The molecule has 78 valence electrons. The lowest BCUT2D eigenvalue weighted by molar-refractivity contribution is -0.141. The number of ether oxygens (including phenoxy) is 1. The summed E-state index contributed by atoms with van der Waals surface area (Å²) in [4.78, 5) is 11.5. The Morgan fingerprint density at radius 2 is 2.20 bits per heavy atom. The zero-order chi connectivity index (χ0) is 10.9. The number of methoxy groups -OCH3 is 1. The van der Waals surface area contributed by atoms with Gasteiger partial charge in [0.1, 0.15) is 0 Å². The zero-order valence-electron chi connectivity index (χ0n) is 8.57. The summed E-state index contributed by atoms with van der Waals surface area (Å²) in [5.74, 6) is -0.443. The van der Waals surface area contributed by atoms with Crippen LogP contribution in [0.5, 0.6) is 0 Å². The summed E-state index contributed by atoms with van der Waals surface area (Å²) in [6.07, 6.45) is 4.39. The molecule has 1 aromatic carbocycles. The molecule has 15 heavy (non-hydrogen) atoms. The number of nitrogens with two attached hydrogens (primary N) is 1. The maximum absolute atomic E-state index is 11.5. The topological polar surface area (TPSA) is 52.3 Å². The predicted octanol–water partition coefficient (Wildman–Crippen LogP) is 1.43. The third-order valence-electron chi connectivity index (χ3n) is 2.85. The Labute approximate surface area is 88.5 Å². The average Bonchev–Trinajstić information content (AvgIpc) is 2.28. The highest BCUT2D eigenvalue weighted by Gasteiger charge is 2.40. The van der Waals surface area contributed by atoms with Gasteiger partial charge in [0.2, 0.25) is 0 Å². The molecule has 2 rings (SSSR count). The number of primary amides is 1. The van der Waals surface area contributed by atoms with Gasteiger partial charge < -0.3 is 10.5 Å². The molecule has 1 amide bonds. The van der Waals surface area contributed by atoms with Gasteiger partial charge in [0.05, 0.1) is 0 Å². The van der Waals surface area contributed by atoms with E-state index >= 15 is 0 Å². The molecule has 0 fully saturated rings. The fourth-order valence-corrected chi connectivity index (χ4v) is 2.00. The van der Waals surface area contributed by atoms with Crippen LogP contribution in [0.2, 0.25) is 0 Å². The molecule has 0 spiro atoms. The molecule has 0 radical (unpaired) electrons. The Kier molecular flexibility index (Phi) is 2.32. The number of carbonyl (C=O) groups is 1. The molecule has 1 aliphatic carbocycles. The smallest absolute Gasteiger partial charge is 0.254 e. The third-order valence-corrected chi connectivity index (χ3v) is 2.85. The van der Waals surface area contributed by atoms with Gasteiger partial charge in [-0.05, 0) is 5.56 Å². The van der Waals surface area contributed by atoms with Gasteiger partial charge >= 0.3 is 0 Å². The molecule has 1 unspecified atom stereocenters. The normalized spacial score (nSPS) is 23.5. The minimum absolute atomic E-state index is 0.443. The molecular weight excluding hydrogens is 190 g/mol. The van der Waals surface area contributed by atoms with Crippen LogP contribution in [0.25, 0.3) is 6.08 Å². The Morgan fingerprint density at radius 1 is 1.47 bits per heavy atom. The van der Waals surface area contributed by atoms with Crippen LogP contribution in [-0.4, -0.2) is 13.0 Å². The molecule has 0 aromatic heterocycles. The van der Waals surface area contributed by atoms with E-state index in [4.69, 9.17) is 10.5 Å². The van der Waals surface area contributed by atoms with Crippen molar-refractivity contribution in [2.45, 2.75) is 12.0 Å². The largest absolute Gasteiger partial charge is 0.367 e. The number of carbonyl (C=O) groups excluding carboxylic acids is 1. The highest BCUT2D eigenvalue weighted by atomic mass is 16.5. The van der Waals surface area contributed by atoms with Gasteiger partial charge in [-0.3, -0.25) is 4.79 Å². The van der Waals surface area contributed by atoms with Crippen molar-refractivity contribution in [2.24, 2.45) is 5.73 Å². The van der Waals surface area contributed by atoms with Crippen molar-refractivity contribution in [3.8, 4) is 0 Å². The highest BCUT2D eigenvalue weighted by molar-refractivity contribution is 5.87. The van der Waals surface area contributed by atoms with E-state index in [1.807, 2.05) is 36.4 Å². The third kappa shape index (κ3) is 1.36. The van der Waals surface area contributed by atoms with Crippen molar-refractivity contribution in [1.29, 1.82) is 0 Å². The maximum Gasteiger partial charge on any atom is 0.254 e. The molecule has 3 heteroatoms. The van der Waals surface area contributed by atoms with Gasteiger partial charge in [0.25, 0.3) is 5.91 Å². The second kappa shape index (κ2) is 3.51. The quantitative estimate of drug-likeness (QED) is 0.790. The maximum atomic E-state index is 11.5.